The van der Waals surface area contributed by atoms with Crippen LogP contribution in [0.4, 0.5) is 10.8 Å². The lowest BCUT2D eigenvalue weighted by molar-refractivity contribution is -0.114. The van der Waals surface area contributed by atoms with Gasteiger partial charge in [-0.15, -0.1) is 23.1 Å². The van der Waals surface area contributed by atoms with Crippen LogP contribution in [-0.2, 0) is 9.59 Å². The molecule has 12 heteroatoms. The molecule has 4 rings (SSSR count). The van der Waals surface area contributed by atoms with Crippen LogP contribution < -0.4 is 30.2 Å². The Kier molecular flexibility index (Phi) is 10.6. The fourth-order valence-electron chi connectivity index (χ4n) is 3.69. The van der Waals surface area contributed by atoms with Gasteiger partial charge in [0.05, 0.1) is 27.1 Å². The van der Waals surface area contributed by atoms with Crippen LogP contribution >= 0.6 is 23.1 Å². The maximum atomic E-state index is 13.5. The molecular weight excluding hydrogens is 576 g/mol. The highest BCUT2D eigenvalue weighted by Gasteiger charge is 2.18. The molecule has 0 atom stereocenters. The van der Waals surface area contributed by atoms with E-state index in [-0.39, 0.29) is 17.4 Å². The van der Waals surface area contributed by atoms with Crippen molar-refractivity contribution in [3.8, 4) is 17.2 Å². The summed E-state index contributed by atoms with van der Waals surface area (Å²) in [6, 6.07) is 18.9. The second-order valence-electron chi connectivity index (χ2n) is 8.48. The number of amides is 3. The summed E-state index contributed by atoms with van der Waals surface area (Å²) in [5, 5.41) is 10.6. The van der Waals surface area contributed by atoms with Crippen LogP contribution in [0.2, 0.25) is 0 Å². The minimum atomic E-state index is -0.556. The Morgan fingerprint density at radius 2 is 1.57 bits per heavy atom. The minimum absolute atomic E-state index is 0.0216. The van der Waals surface area contributed by atoms with E-state index in [0.29, 0.717) is 39.2 Å². The summed E-state index contributed by atoms with van der Waals surface area (Å²) in [6.07, 6.45) is 3.13. The topological polar surface area (TPSA) is 128 Å². The Morgan fingerprint density at radius 3 is 2.21 bits per heavy atom. The molecule has 0 bridgehead atoms. The smallest absolute Gasteiger partial charge is 0.272 e. The monoisotopic (exact) mass is 604 g/mol. The van der Waals surface area contributed by atoms with Gasteiger partial charge in [0.25, 0.3) is 11.8 Å². The first-order chi connectivity index (χ1) is 20.4. The van der Waals surface area contributed by atoms with E-state index in [2.05, 4.69) is 20.9 Å². The first-order valence-corrected chi connectivity index (χ1v) is 14.4. The molecule has 0 fully saturated rings. The summed E-state index contributed by atoms with van der Waals surface area (Å²) in [6.45, 7) is 0. The van der Waals surface area contributed by atoms with Crippen molar-refractivity contribution in [3.05, 3.63) is 95.1 Å². The summed E-state index contributed by atoms with van der Waals surface area (Å²) >= 11 is 2.70. The minimum Gasteiger partial charge on any atom is -0.496 e. The second-order valence-corrected chi connectivity index (χ2v) is 10.4. The lowest BCUT2D eigenvalue weighted by Crippen LogP contribution is -2.30. The molecule has 0 saturated heterocycles. The van der Waals surface area contributed by atoms with Gasteiger partial charge in [0, 0.05) is 39.4 Å². The first-order valence-electron chi connectivity index (χ1n) is 12.5. The molecule has 1 heterocycles. The number of hydrogen-bond acceptors (Lipinski definition) is 9. The van der Waals surface area contributed by atoms with Gasteiger partial charge in [-0.25, -0.2) is 4.98 Å². The maximum absolute atomic E-state index is 13.5. The number of aromatic nitrogens is 1. The molecule has 3 N–H and O–H groups in total. The van der Waals surface area contributed by atoms with Gasteiger partial charge in [-0.1, -0.05) is 18.2 Å². The van der Waals surface area contributed by atoms with Gasteiger partial charge in [-0.05, 0) is 48.5 Å². The quantitative estimate of drug-likeness (QED) is 0.147. The molecule has 216 valence electrons. The van der Waals surface area contributed by atoms with Crippen LogP contribution in [0.1, 0.15) is 15.9 Å². The molecule has 0 aliphatic rings. The molecule has 0 saturated carbocycles. The highest BCUT2D eigenvalue weighted by atomic mass is 32.2. The van der Waals surface area contributed by atoms with E-state index in [0.717, 1.165) is 4.90 Å². The van der Waals surface area contributed by atoms with E-state index in [1.807, 2.05) is 0 Å². The van der Waals surface area contributed by atoms with Crippen molar-refractivity contribution >= 4 is 57.7 Å². The van der Waals surface area contributed by atoms with Crippen LogP contribution in [0.5, 0.6) is 17.2 Å². The number of thiazole rings is 1. The zero-order chi connectivity index (χ0) is 29.9. The second kappa shape index (κ2) is 14.7. The fraction of sp³-hybridized carbons (Fsp3) is 0.133. The molecule has 3 aromatic carbocycles. The van der Waals surface area contributed by atoms with Crippen molar-refractivity contribution in [1.82, 2.24) is 10.3 Å². The third-order valence-corrected chi connectivity index (χ3v) is 7.43. The zero-order valence-corrected chi connectivity index (χ0v) is 24.6. The number of ether oxygens (including phenoxy) is 3. The Morgan fingerprint density at radius 1 is 0.881 bits per heavy atom. The first kappa shape index (κ1) is 30.2. The largest absolute Gasteiger partial charge is 0.496 e. The van der Waals surface area contributed by atoms with Crippen LogP contribution in [0.15, 0.2) is 88.9 Å². The number of nitrogens with one attached hydrogen (secondary N) is 3. The van der Waals surface area contributed by atoms with E-state index >= 15 is 0 Å². The third-order valence-electron chi connectivity index (χ3n) is 5.73. The number of hydrogen-bond donors (Lipinski definition) is 3. The van der Waals surface area contributed by atoms with Gasteiger partial charge in [0.15, 0.2) is 16.6 Å². The van der Waals surface area contributed by atoms with Crippen molar-refractivity contribution in [2.75, 3.05) is 37.7 Å². The number of carbonyl (C=O) groups excluding carboxylic acids is 3. The van der Waals surface area contributed by atoms with Crippen LogP contribution in [0.3, 0.4) is 0 Å². The van der Waals surface area contributed by atoms with E-state index in [9.17, 15) is 14.4 Å². The number of nitrogens with zero attached hydrogens (tertiary/aromatic N) is 1. The van der Waals surface area contributed by atoms with E-state index < -0.39 is 11.8 Å². The molecular formula is C30H28N4O6S2. The Labute approximate surface area is 251 Å². The summed E-state index contributed by atoms with van der Waals surface area (Å²) < 4.78 is 16.3. The standard InChI is InChI=1S/C30H28N4O6S2/c1-38-24-17-26(40-3)25(39-2)16-20(24)15-23(33-28(36)19-7-5-4-6-8-19)29(37)32-21-9-11-22(12-10-21)42-18-27(35)34-30-31-13-14-41-30/h4-17H,18H2,1-3H3,(H,32,37)(H,33,36)(H,31,34,35)/b23-15-. The zero-order valence-electron chi connectivity index (χ0n) is 23.0. The SMILES string of the molecule is COc1cc(OC)c(OC)cc1/C=C(\NC(=O)c1ccccc1)C(=O)Nc1ccc(SCC(=O)Nc2nccs2)cc1. The maximum Gasteiger partial charge on any atom is 0.272 e. The summed E-state index contributed by atoms with van der Waals surface area (Å²) in [4.78, 5) is 43.5. The summed E-state index contributed by atoms with van der Waals surface area (Å²) in [5.74, 6) is 0.306. The lowest BCUT2D eigenvalue weighted by Gasteiger charge is -2.15. The highest BCUT2D eigenvalue weighted by molar-refractivity contribution is 8.00. The van der Waals surface area contributed by atoms with E-state index in [1.165, 1.54) is 50.5 Å². The molecule has 10 nitrogen and oxygen atoms in total. The van der Waals surface area contributed by atoms with Gasteiger partial charge < -0.3 is 30.2 Å². The van der Waals surface area contributed by atoms with Crippen LogP contribution in [-0.4, -0.2) is 49.8 Å². The molecule has 0 aliphatic heterocycles. The number of carbonyl (C=O) groups is 3. The fourth-order valence-corrected chi connectivity index (χ4v) is 4.93. The van der Waals surface area contributed by atoms with Gasteiger partial charge in [-0.3, -0.25) is 14.4 Å². The van der Waals surface area contributed by atoms with E-state index in [1.54, 1.807) is 78.3 Å². The van der Waals surface area contributed by atoms with Crippen molar-refractivity contribution in [2.45, 2.75) is 4.90 Å². The molecule has 0 radical (unpaired) electrons. The Balaban J connectivity index is 1.53. The van der Waals surface area contributed by atoms with Crippen LogP contribution in [0.25, 0.3) is 6.08 Å². The molecule has 0 unspecified atom stereocenters. The normalized spacial score (nSPS) is 10.9. The van der Waals surface area contributed by atoms with Crippen molar-refractivity contribution < 1.29 is 28.6 Å². The number of rotatable bonds is 12. The predicted molar refractivity (Wildman–Crippen MR) is 165 cm³/mol. The Hall–Kier alpha value is -4.81. The summed E-state index contributed by atoms with van der Waals surface area (Å²) in [7, 11) is 4.49. The molecule has 0 aliphatic carbocycles. The predicted octanol–water partition coefficient (Wildman–Crippen LogP) is 5.31. The van der Waals surface area contributed by atoms with Gasteiger partial charge in [0.1, 0.15) is 11.4 Å². The van der Waals surface area contributed by atoms with Gasteiger partial charge in [0.2, 0.25) is 5.91 Å². The number of thioether (sulfide) groups is 1. The average Bonchev–Trinajstić information content (AvgIpc) is 3.53. The highest BCUT2D eigenvalue weighted by Crippen LogP contribution is 2.35. The van der Waals surface area contributed by atoms with Crippen molar-refractivity contribution in [1.29, 1.82) is 0 Å². The summed E-state index contributed by atoms with van der Waals surface area (Å²) in [5.41, 5.74) is 1.34. The molecule has 4 aromatic rings. The van der Waals surface area contributed by atoms with Gasteiger partial charge in [-0.2, -0.15) is 0 Å². The molecule has 1 aromatic heterocycles. The molecule has 3 amide bonds. The number of methoxy groups -OCH3 is 3. The number of benzene rings is 3. The molecule has 0 spiro atoms. The average molecular weight is 605 g/mol. The number of anilines is 2. The van der Waals surface area contributed by atoms with Gasteiger partial charge >= 0.3 is 0 Å². The lowest BCUT2D eigenvalue weighted by atomic mass is 10.1. The van der Waals surface area contributed by atoms with Crippen LogP contribution in [0, 0.1) is 0 Å². The Bertz CT molecular complexity index is 1560. The third kappa shape index (κ3) is 8.12. The van der Waals surface area contributed by atoms with Crippen molar-refractivity contribution in [3.63, 3.8) is 0 Å². The van der Waals surface area contributed by atoms with E-state index in [4.69, 9.17) is 14.2 Å². The molecule has 42 heavy (non-hydrogen) atoms. The van der Waals surface area contributed by atoms with Crippen molar-refractivity contribution in [2.24, 2.45) is 0 Å².